The van der Waals surface area contributed by atoms with Gasteiger partial charge in [0.05, 0.1) is 24.9 Å². The maximum absolute atomic E-state index is 10.9. The lowest BCUT2D eigenvalue weighted by Crippen LogP contribution is -2.39. The molecular weight excluding hydrogens is 466 g/mol. The van der Waals surface area contributed by atoms with E-state index < -0.39 is 6.10 Å². The van der Waals surface area contributed by atoms with Crippen molar-refractivity contribution in [3.63, 3.8) is 0 Å². The molecule has 4 rings (SSSR count). The summed E-state index contributed by atoms with van der Waals surface area (Å²) < 4.78 is 17.2. The van der Waals surface area contributed by atoms with Gasteiger partial charge in [-0.2, -0.15) is 0 Å². The summed E-state index contributed by atoms with van der Waals surface area (Å²) in [5, 5.41) is 15.4. The molecule has 0 amide bonds. The quantitative estimate of drug-likeness (QED) is 0.303. The van der Waals surface area contributed by atoms with Gasteiger partial charge in [0.1, 0.15) is 5.69 Å². The van der Waals surface area contributed by atoms with Gasteiger partial charge in [0.25, 0.3) is 0 Å². The molecule has 2 atom stereocenters. The van der Waals surface area contributed by atoms with E-state index in [1.807, 2.05) is 48.5 Å². The number of piperidine rings is 1. The molecule has 0 saturated carbocycles. The summed E-state index contributed by atoms with van der Waals surface area (Å²) in [5.41, 5.74) is 4.10. The van der Waals surface area contributed by atoms with Crippen LogP contribution in [-0.4, -0.2) is 67.3 Å². The molecule has 1 aliphatic rings. The van der Waals surface area contributed by atoms with Crippen LogP contribution in [0.4, 0.5) is 5.88 Å². The Morgan fingerprint density at radius 2 is 1.86 bits per heavy atom. The molecule has 1 aliphatic heterocycles. The fraction of sp³-hybridized carbons (Fsp3) is 0.500. The summed E-state index contributed by atoms with van der Waals surface area (Å²) in [6, 6.07) is 20.7. The van der Waals surface area contributed by atoms with Crippen molar-refractivity contribution in [1.29, 1.82) is 0 Å². The fourth-order valence-corrected chi connectivity index (χ4v) is 5.02. The van der Waals surface area contributed by atoms with E-state index in [9.17, 15) is 5.11 Å². The summed E-state index contributed by atoms with van der Waals surface area (Å²) in [7, 11) is 1.72. The van der Waals surface area contributed by atoms with E-state index in [-0.39, 0.29) is 6.61 Å². The molecule has 0 radical (unpaired) electrons. The van der Waals surface area contributed by atoms with Crippen LogP contribution in [0.25, 0.3) is 11.3 Å². The van der Waals surface area contributed by atoms with Gasteiger partial charge in [-0.3, -0.25) is 4.90 Å². The molecule has 2 heterocycles. The minimum Gasteiger partial charge on any atom is -0.389 e. The van der Waals surface area contributed by atoms with Crippen molar-refractivity contribution < 1.29 is 19.1 Å². The Morgan fingerprint density at radius 1 is 1.11 bits per heavy atom. The zero-order valence-electron chi connectivity index (χ0n) is 22.2. The van der Waals surface area contributed by atoms with Gasteiger partial charge in [0.15, 0.2) is 0 Å². The van der Waals surface area contributed by atoms with Gasteiger partial charge in [0.2, 0.25) is 5.88 Å². The molecular formula is C30H41N3O4. The number of ether oxygens (including phenoxy) is 2. The number of anilines is 1. The minimum atomic E-state index is -0.608. The molecule has 1 fully saturated rings. The summed E-state index contributed by atoms with van der Waals surface area (Å²) in [4.78, 5) is 4.64. The van der Waals surface area contributed by atoms with Crippen LogP contribution in [0.5, 0.6) is 0 Å². The van der Waals surface area contributed by atoms with Gasteiger partial charge >= 0.3 is 0 Å². The van der Waals surface area contributed by atoms with Gasteiger partial charge in [-0.15, -0.1) is 0 Å². The monoisotopic (exact) mass is 507 g/mol. The first kappa shape index (κ1) is 27.3. The number of nitrogens with zero attached hydrogens (tertiary/aromatic N) is 3. The Balaban J connectivity index is 1.51. The highest BCUT2D eigenvalue weighted by Crippen LogP contribution is 2.35. The Bertz CT molecular complexity index is 1040. The fourth-order valence-electron chi connectivity index (χ4n) is 5.02. The molecule has 3 aromatic rings. The Labute approximate surface area is 221 Å². The normalized spacial score (nSPS) is 16.9. The van der Waals surface area contributed by atoms with E-state index in [1.54, 1.807) is 7.11 Å². The van der Waals surface area contributed by atoms with Crippen molar-refractivity contribution in [2.24, 2.45) is 0 Å². The summed E-state index contributed by atoms with van der Waals surface area (Å²) in [6.45, 7) is 6.58. The standard InChI is InChI=1S/C30H41N3O4/c1-24-12-9-10-18-33(24)30-28(29(31-37-30)26-15-7-4-8-16-26)21-32(17-11-19-35-2)20-27(34)23-36-22-25-13-5-3-6-14-25/h3-8,13-16,24,27,34H,9-12,17-23H2,1-2H3/t24-,27-/m0/s1. The lowest BCUT2D eigenvalue weighted by Gasteiger charge is -2.34. The van der Waals surface area contributed by atoms with E-state index in [2.05, 4.69) is 34.0 Å². The lowest BCUT2D eigenvalue weighted by atomic mass is 10.0. The van der Waals surface area contributed by atoms with Crippen LogP contribution in [0.2, 0.25) is 0 Å². The Kier molecular flexibility index (Phi) is 10.6. The average Bonchev–Trinajstić information content (AvgIpc) is 3.33. The molecule has 1 saturated heterocycles. The largest absolute Gasteiger partial charge is 0.389 e. The van der Waals surface area contributed by atoms with Crippen molar-refractivity contribution in [2.45, 2.75) is 57.9 Å². The second-order valence-corrected chi connectivity index (χ2v) is 9.96. The van der Waals surface area contributed by atoms with Crippen LogP contribution in [0.1, 0.15) is 43.7 Å². The number of hydrogen-bond donors (Lipinski definition) is 1. The molecule has 2 aromatic carbocycles. The molecule has 0 spiro atoms. The maximum atomic E-state index is 10.9. The smallest absolute Gasteiger partial charge is 0.232 e. The third-order valence-electron chi connectivity index (χ3n) is 6.97. The van der Waals surface area contributed by atoms with E-state index in [0.717, 1.165) is 60.6 Å². The first-order chi connectivity index (χ1) is 18.2. The molecule has 0 aliphatic carbocycles. The highest BCUT2D eigenvalue weighted by atomic mass is 16.5. The summed E-state index contributed by atoms with van der Waals surface area (Å²) in [6.07, 6.45) is 3.81. The van der Waals surface area contributed by atoms with Gasteiger partial charge in [-0.25, -0.2) is 0 Å². The number of rotatable bonds is 14. The van der Waals surface area contributed by atoms with Gasteiger partial charge in [-0.1, -0.05) is 65.8 Å². The Morgan fingerprint density at radius 3 is 2.59 bits per heavy atom. The van der Waals surface area contributed by atoms with Crippen LogP contribution in [0.3, 0.4) is 0 Å². The van der Waals surface area contributed by atoms with Crippen molar-refractivity contribution in [3.05, 3.63) is 71.8 Å². The van der Waals surface area contributed by atoms with Gasteiger partial charge < -0.3 is 24.0 Å². The highest BCUT2D eigenvalue weighted by molar-refractivity contribution is 5.68. The van der Waals surface area contributed by atoms with Crippen LogP contribution >= 0.6 is 0 Å². The van der Waals surface area contributed by atoms with Crippen molar-refractivity contribution in [1.82, 2.24) is 10.1 Å². The highest BCUT2D eigenvalue weighted by Gasteiger charge is 2.29. The van der Waals surface area contributed by atoms with Crippen LogP contribution < -0.4 is 4.90 Å². The zero-order chi connectivity index (χ0) is 25.9. The molecule has 1 aromatic heterocycles. The number of hydrogen-bond acceptors (Lipinski definition) is 7. The first-order valence-electron chi connectivity index (χ1n) is 13.5. The molecule has 7 nitrogen and oxygen atoms in total. The average molecular weight is 508 g/mol. The number of benzene rings is 2. The number of aliphatic hydroxyl groups is 1. The lowest BCUT2D eigenvalue weighted by molar-refractivity contribution is 0.00740. The van der Waals surface area contributed by atoms with E-state index in [4.69, 9.17) is 14.0 Å². The van der Waals surface area contributed by atoms with E-state index >= 15 is 0 Å². The second-order valence-electron chi connectivity index (χ2n) is 9.96. The van der Waals surface area contributed by atoms with E-state index in [1.165, 1.54) is 6.42 Å². The third-order valence-corrected chi connectivity index (χ3v) is 6.97. The van der Waals surface area contributed by atoms with Gasteiger partial charge in [0, 0.05) is 51.5 Å². The predicted octanol–water partition coefficient (Wildman–Crippen LogP) is 5.14. The number of methoxy groups -OCH3 is 1. The molecule has 0 unspecified atom stereocenters. The Hall–Kier alpha value is -2.71. The van der Waals surface area contributed by atoms with Crippen molar-refractivity contribution in [2.75, 3.05) is 44.9 Å². The number of aliphatic hydroxyl groups excluding tert-OH is 1. The molecule has 7 heteroatoms. The molecule has 200 valence electrons. The minimum absolute atomic E-state index is 0.279. The van der Waals surface area contributed by atoms with Crippen molar-refractivity contribution >= 4 is 5.88 Å². The molecule has 1 N–H and O–H groups in total. The molecule has 0 bridgehead atoms. The van der Waals surface area contributed by atoms with E-state index in [0.29, 0.717) is 32.3 Å². The summed E-state index contributed by atoms with van der Waals surface area (Å²) in [5.74, 6) is 0.859. The van der Waals surface area contributed by atoms with Gasteiger partial charge in [-0.05, 0) is 38.2 Å². The first-order valence-corrected chi connectivity index (χ1v) is 13.5. The third kappa shape index (κ3) is 7.89. The maximum Gasteiger partial charge on any atom is 0.232 e. The zero-order valence-corrected chi connectivity index (χ0v) is 22.2. The second kappa shape index (κ2) is 14.3. The van der Waals surface area contributed by atoms with Crippen molar-refractivity contribution in [3.8, 4) is 11.3 Å². The van der Waals surface area contributed by atoms with Crippen LogP contribution in [0.15, 0.2) is 65.2 Å². The number of aromatic nitrogens is 1. The van der Waals surface area contributed by atoms with Crippen LogP contribution in [0, 0.1) is 0 Å². The SMILES string of the molecule is COCCCN(Cc1c(-c2ccccc2)noc1N1CCCC[C@@H]1C)C[C@H](O)COCc1ccccc1. The predicted molar refractivity (Wildman–Crippen MR) is 146 cm³/mol. The summed E-state index contributed by atoms with van der Waals surface area (Å²) >= 11 is 0. The molecule has 37 heavy (non-hydrogen) atoms. The van der Waals surface area contributed by atoms with Crippen LogP contribution in [-0.2, 0) is 22.6 Å². The topological polar surface area (TPSA) is 71.2 Å².